The number of nitrogens with zero attached hydrogens (tertiary/aromatic N) is 2. The molecule has 0 radical (unpaired) electrons. The van der Waals surface area contributed by atoms with Gasteiger partial charge in [0.15, 0.2) is 0 Å². The molecule has 2 heterocycles. The monoisotopic (exact) mass is 365 g/mol. The van der Waals surface area contributed by atoms with Crippen molar-refractivity contribution >= 4 is 0 Å². The standard InChI is InChI=1S/C21H23N3O3/c1-12(2)11-24-13(3)9-17-19(21(24)25)18(16(10-22)20(23)27-17)14-5-7-15(26-4)8-6-14/h5-9,12,18H,11,23H2,1-4H3/t18-/m1/s1. The average molecular weight is 365 g/mol. The number of benzene rings is 1. The number of nitriles is 1. The Bertz CT molecular complexity index is 995. The molecule has 0 spiro atoms. The van der Waals surface area contributed by atoms with E-state index in [0.717, 1.165) is 11.3 Å². The van der Waals surface area contributed by atoms with Gasteiger partial charge in [-0.15, -0.1) is 0 Å². The minimum Gasteiger partial charge on any atom is -0.497 e. The van der Waals surface area contributed by atoms with E-state index in [4.69, 9.17) is 15.2 Å². The molecule has 1 aliphatic heterocycles. The number of ether oxygens (including phenoxy) is 2. The van der Waals surface area contributed by atoms with Crippen molar-refractivity contribution in [3.05, 3.63) is 69.0 Å². The van der Waals surface area contributed by atoms with Crippen LogP contribution in [-0.4, -0.2) is 11.7 Å². The number of rotatable bonds is 4. The molecule has 140 valence electrons. The zero-order valence-electron chi connectivity index (χ0n) is 15.9. The van der Waals surface area contributed by atoms with Gasteiger partial charge in [-0.3, -0.25) is 4.79 Å². The van der Waals surface area contributed by atoms with Gasteiger partial charge in [0, 0.05) is 18.3 Å². The van der Waals surface area contributed by atoms with Gasteiger partial charge < -0.3 is 19.8 Å². The molecule has 1 aromatic heterocycles. The predicted molar refractivity (Wildman–Crippen MR) is 103 cm³/mol. The predicted octanol–water partition coefficient (Wildman–Crippen LogP) is 3.04. The Balaban J connectivity index is 2.26. The number of hydrogen-bond donors (Lipinski definition) is 1. The molecule has 0 bridgehead atoms. The molecule has 3 rings (SSSR count). The molecule has 1 atom stereocenters. The number of pyridine rings is 1. The number of allylic oxidation sites excluding steroid dienone is 1. The van der Waals surface area contributed by atoms with Crippen molar-refractivity contribution in [3.8, 4) is 17.6 Å². The van der Waals surface area contributed by atoms with Crippen LogP contribution in [0, 0.1) is 24.2 Å². The first kappa shape index (κ1) is 18.6. The van der Waals surface area contributed by atoms with E-state index in [1.807, 2.05) is 25.1 Å². The van der Waals surface area contributed by atoms with Crippen molar-refractivity contribution in [1.29, 1.82) is 5.26 Å². The van der Waals surface area contributed by atoms with E-state index < -0.39 is 5.92 Å². The van der Waals surface area contributed by atoms with Crippen molar-refractivity contribution < 1.29 is 9.47 Å². The number of methoxy groups -OCH3 is 1. The summed E-state index contributed by atoms with van der Waals surface area (Å²) in [6.07, 6.45) is 0. The maximum absolute atomic E-state index is 13.3. The second-order valence-corrected chi connectivity index (χ2v) is 7.07. The van der Waals surface area contributed by atoms with Gasteiger partial charge in [-0.2, -0.15) is 5.26 Å². The highest BCUT2D eigenvalue weighted by Gasteiger charge is 2.34. The van der Waals surface area contributed by atoms with E-state index in [1.165, 1.54) is 0 Å². The number of fused-ring (bicyclic) bond motifs is 1. The summed E-state index contributed by atoms with van der Waals surface area (Å²) in [6.45, 7) is 6.58. The van der Waals surface area contributed by atoms with E-state index in [2.05, 4.69) is 19.9 Å². The van der Waals surface area contributed by atoms with Gasteiger partial charge in [0.2, 0.25) is 5.88 Å². The quantitative estimate of drug-likeness (QED) is 0.899. The van der Waals surface area contributed by atoms with E-state index in [1.54, 1.807) is 23.8 Å². The number of hydrogen-bond acceptors (Lipinski definition) is 5. The summed E-state index contributed by atoms with van der Waals surface area (Å²) >= 11 is 0. The van der Waals surface area contributed by atoms with Crippen molar-refractivity contribution in [2.45, 2.75) is 33.2 Å². The molecular weight excluding hydrogens is 342 g/mol. The Morgan fingerprint density at radius 3 is 2.56 bits per heavy atom. The van der Waals surface area contributed by atoms with Crippen LogP contribution in [0.5, 0.6) is 11.5 Å². The minimum absolute atomic E-state index is 0.0335. The van der Waals surface area contributed by atoms with Crippen LogP contribution in [0.25, 0.3) is 0 Å². The molecule has 27 heavy (non-hydrogen) atoms. The molecule has 6 heteroatoms. The Hall–Kier alpha value is -3.20. The van der Waals surface area contributed by atoms with Crippen molar-refractivity contribution in [3.63, 3.8) is 0 Å². The lowest BCUT2D eigenvalue weighted by Crippen LogP contribution is -2.33. The van der Waals surface area contributed by atoms with Gasteiger partial charge in [-0.05, 0) is 30.5 Å². The van der Waals surface area contributed by atoms with Crippen LogP contribution in [0.2, 0.25) is 0 Å². The fraction of sp³-hybridized carbons (Fsp3) is 0.333. The molecule has 1 aliphatic rings. The summed E-state index contributed by atoms with van der Waals surface area (Å²) in [6, 6.07) is 11.2. The molecule has 2 aromatic rings. The number of aromatic nitrogens is 1. The summed E-state index contributed by atoms with van der Waals surface area (Å²) in [4.78, 5) is 13.3. The minimum atomic E-state index is -0.573. The van der Waals surface area contributed by atoms with Crippen LogP contribution < -0.4 is 20.8 Å². The highest BCUT2D eigenvalue weighted by atomic mass is 16.5. The molecule has 0 saturated heterocycles. The Morgan fingerprint density at radius 1 is 1.33 bits per heavy atom. The van der Waals surface area contributed by atoms with Crippen molar-refractivity contribution in [2.24, 2.45) is 11.7 Å². The second-order valence-electron chi connectivity index (χ2n) is 7.07. The van der Waals surface area contributed by atoms with Gasteiger partial charge in [0.1, 0.15) is 23.1 Å². The molecular formula is C21H23N3O3. The number of nitrogens with two attached hydrogens (primary N) is 1. The van der Waals surface area contributed by atoms with Crippen molar-refractivity contribution in [2.75, 3.05) is 7.11 Å². The Labute approximate surface area is 158 Å². The summed E-state index contributed by atoms with van der Waals surface area (Å²) in [5.74, 6) is 0.874. The van der Waals surface area contributed by atoms with Gasteiger partial charge >= 0.3 is 0 Å². The highest BCUT2D eigenvalue weighted by Crippen LogP contribution is 2.40. The summed E-state index contributed by atoms with van der Waals surface area (Å²) < 4.78 is 12.6. The Kier molecular flexibility index (Phi) is 4.95. The maximum Gasteiger partial charge on any atom is 0.258 e. The lowest BCUT2D eigenvalue weighted by molar-refractivity contribution is 0.385. The zero-order valence-corrected chi connectivity index (χ0v) is 15.9. The molecule has 0 unspecified atom stereocenters. The van der Waals surface area contributed by atoms with Gasteiger partial charge in [0.05, 0.1) is 18.6 Å². The lowest BCUT2D eigenvalue weighted by atomic mass is 9.84. The molecule has 0 saturated carbocycles. The van der Waals surface area contributed by atoms with Crippen LogP contribution in [0.3, 0.4) is 0 Å². The highest BCUT2D eigenvalue weighted by molar-refractivity contribution is 5.55. The van der Waals surface area contributed by atoms with Gasteiger partial charge in [-0.25, -0.2) is 0 Å². The normalized spacial score (nSPS) is 15.9. The first-order chi connectivity index (χ1) is 12.9. The summed E-state index contributed by atoms with van der Waals surface area (Å²) in [5.41, 5.74) is 8.13. The Morgan fingerprint density at radius 2 is 2.00 bits per heavy atom. The van der Waals surface area contributed by atoms with Gasteiger partial charge in [-0.1, -0.05) is 26.0 Å². The number of aryl methyl sites for hydroxylation is 1. The zero-order chi connectivity index (χ0) is 19.7. The lowest BCUT2D eigenvalue weighted by Gasteiger charge is -2.27. The van der Waals surface area contributed by atoms with Crippen LogP contribution in [0.1, 0.15) is 36.6 Å². The maximum atomic E-state index is 13.3. The fourth-order valence-corrected chi connectivity index (χ4v) is 3.41. The fourth-order valence-electron chi connectivity index (χ4n) is 3.41. The van der Waals surface area contributed by atoms with Crippen LogP contribution in [-0.2, 0) is 6.54 Å². The van der Waals surface area contributed by atoms with Gasteiger partial charge in [0.25, 0.3) is 5.56 Å². The first-order valence-corrected chi connectivity index (χ1v) is 8.83. The van der Waals surface area contributed by atoms with Crippen molar-refractivity contribution in [1.82, 2.24) is 4.57 Å². The SMILES string of the molecule is COc1ccc([C@@H]2C(C#N)=C(N)Oc3cc(C)n(CC(C)C)c(=O)c32)cc1. The molecule has 1 aromatic carbocycles. The van der Waals surface area contributed by atoms with E-state index >= 15 is 0 Å². The van der Waals surface area contributed by atoms with Crippen LogP contribution in [0.15, 0.2) is 46.6 Å². The molecule has 6 nitrogen and oxygen atoms in total. The smallest absolute Gasteiger partial charge is 0.258 e. The largest absolute Gasteiger partial charge is 0.497 e. The second kappa shape index (κ2) is 7.20. The topological polar surface area (TPSA) is 90.3 Å². The summed E-state index contributed by atoms with van der Waals surface area (Å²) in [7, 11) is 1.59. The third kappa shape index (κ3) is 3.28. The van der Waals surface area contributed by atoms with E-state index in [-0.39, 0.29) is 17.0 Å². The molecule has 0 amide bonds. The average Bonchev–Trinajstić information content (AvgIpc) is 2.64. The molecule has 0 aliphatic carbocycles. The van der Waals surface area contributed by atoms with Crippen LogP contribution in [0.4, 0.5) is 0 Å². The molecule has 0 fully saturated rings. The van der Waals surface area contributed by atoms with Crippen LogP contribution >= 0.6 is 0 Å². The summed E-state index contributed by atoms with van der Waals surface area (Å²) in [5, 5.41) is 9.68. The first-order valence-electron chi connectivity index (χ1n) is 8.83. The van der Waals surface area contributed by atoms with E-state index in [9.17, 15) is 10.1 Å². The molecule has 2 N–H and O–H groups in total. The van der Waals surface area contributed by atoms with E-state index in [0.29, 0.717) is 29.5 Å². The third-order valence-electron chi connectivity index (χ3n) is 4.69. The third-order valence-corrected chi connectivity index (χ3v) is 4.69.